The van der Waals surface area contributed by atoms with E-state index in [1.165, 1.54) is 0 Å². The average Bonchev–Trinajstić information content (AvgIpc) is 2.11. The van der Waals surface area contributed by atoms with E-state index in [1.807, 2.05) is 13.8 Å². The van der Waals surface area contributed by atoms with E-state index in [2.05, 4.69) is 19.2 Å². The van der Waals surface area contributed by atoms with Crippen LogP contribution in [-0.2, 0) is 4.79 Å². The molecular weight excluding hydrogens is 166 g/mol. The Bertz CT molecular complexity index is 159. The molecule has 3 heteroatoms. The Balaban J connectivity index is 4.00. The van der Waals surface area contributed by atoms with Crippen molar-refractivity contribution in [2.75, 3.05) is 0 Å². The van der Waals surface area contributed by atoms with E-state index in [1.54, 1.807) is 0 Å². The van der Waals surface area contributed by atoms with Gasteiger partial charge in [0.05, 0.1) is 0 Å². The summed E-state index contributed by atoms with van der Waals surface area (Å²) in [7, 11) is 0. The molecule has 3 nitrogen and oxygen atoms in total. The summed E-state index contributed by atoms with van der Waals surface area (Å²) in [6.07, 6.45) is 1.71. The molecule has 0 aromatic heterocycles. The predicted octanol–water partition coefficient (Wildman–Crippen LogP) is 1.87. The highest BCUT2D eigenvalue weighted by atomic mass is 16.4. The summed E-state index contributed by atoms with van der Waals surface area (Å²) in [5, 5.41) is 11.9. The van der Waals surface area contributed by atoms with Gasteiger partial charge in [0.1, 0.15) is 6.04 Å². The van der Waals surface area contributed by atoms with Crippen molar-refractivity contribution in [3.8, 4) is 0 Å². The molecule has 2 N–H and O–H groups in total. The quantitative estimate of drug-likeness (QED) is 0.667. The molecule has 0 bridgehead atoms. The summed E-state index contributed by atoms with van der Waals surface area (Å²) >= 11 is 0. The van der Waals surface area contributed by atoms with Gasteiger partial charge in [-0.15, -0.1) is 0 Å². The number of aliphatic carboxylic acids is 1. The lowest BCUT2D eigenvalue weighted by Crippen LogP contribution is -2.44. The summed E-state index contributed by atoms with van der Waals surface area (Å²) in [5.41, 5.74) is 0. The molecule has 13 heavy (non-hydrogen) atoms. The van der Waals surface area contributed by atoms with E-state index in [9.17, 15) is 4.79 Å². The van der Waals surface area contributed by atoms with Gasteiger partial charge in [-0.3, -0.25) is 4.79 Å². The van der Waals surface area contributed by atoms with Gasteiger partial charge in [0.15, 0.2) is 0 Å². The minimum Gasteiger partial charge on any atom is -0.480 e. The summed E-state index contributed by atoms with van der Waals surface area (Å²) < 4.78 is 0. The van der Waals surface area contributed by atoms with Crippen LogP contribution in [0.5, 0.6) is 0 Å². The number of carboxylic acids is 1. The fourth-order valence-corrected chi connectivity index (χ4v) is 1.20. The Kier molecular flexibility index (Phi) is 5.71. The van der Waals surface area contributed by atoms with Crippen molar-refractivity contribution in [3.63, 3.8) is 0 Å². The van der Waals surface area contributed by atoms with Crippen molar-refractivity contribution >= 4 is 5.97 Å². The standard InChI is InChI=1S/C10H21NO2/c1-5-7(3)8(4)11-9(6-2)10(12)13/h7-9,11H,5-6H2,1-4H3,(H,12,13). The van der Waals surface area contributed by atoms with E-state index >= 15 is 0 Å². The van der Waals surface area contributed by atoms with Crippen LogP contribution >= 0.6 is 0 Å². The summed E-state index contributed by atoms with van der Waals surface area (Å²) in [6, 6.07) is -0.130. The number of nitrogens with one attached hydrogen (secondary N) is 1. The molecule has 0 aliphatic heterocycles. The molecule has 0 saturated carbocycles. The van der Waals surface area contributed by atoms with Crippen LogP contribution in [-0.4, -0.2) is 23.2 Å². The third-order valence-electron chi connectivity index (χ3n) is 2.67. The Hall–Kier alpha value is -0.570. The van der Waals surface area contributed by atoms with Crippen molar-refractivity contribution in [3.05, 3.63) is 0 Å². The molecule has 0 fully saturated rings. The average molecular weight is 187 g/mol. The molecule has 3 unspecified atom stereocenters. The summed E-state index contributed by atoms with van der Waals surface area (Å²) in [4.78, 5) is 10.7. The van der Waals surface area contributed by atoms with Crippen molar-refractivity contribution in [2.45, 2.75) is 52.6 Å². The summed E-state index contributed by atoms with van der Waals surface area (Å²) in [6.45, 7) is 8.17. The molecule has 78 valence electrons. The van der Waals surface area contributed by atoms with Gasteiger partial charge in [-0.05, 0) is 19.3 Å². The maximum absolute atomic E-state index is 10.7. The van der Waals surface area contributed by atoms with Gasteiger partial charge in [-0.25, -0.2) is 0 Å². The number of rotatable bonds is 6. The van der Waals surface area contributed by atoms with E-state index in [0.717, 1.165) is 6.42 Å². The monoisotopic (exact) mass is 187 g/mol. The predicted molar refractivity (Wildman–Crippen MR) is 53.8 cm³/mol. The van der Waals surface area contributed by atoms with Crippen LogP contribution in [0.3, 0.4) is 0 Å². The number of hydrogen-bond donors (Lipinski definition) is 2. The van der Waals surface area contributed by atoms with E-state index in [-0.39, 0.29) is 6.04 Å². The van der Waals surface area contributed by atoms with Crippen LogP contribution in [0.2, 0.25) is 0 Å². The lowest BCUT2D eigenvalue weighted by molar-refractivity contribution is -0.139. The third kappa shape index (κ3) is 4.27. The van der Waals surface area contributed by atoms with E-state index < -0.39 is 12.0 Å². The zero-order valence-electron chi connectivity index (χ0n) is 9.00. The molecule has 0 rings (SSSR count). The fraction of sp³-hybridized carbons (Fsp3) is 0.900. The van der Waals surface area contributed by atoms with Crippen LogP contribution < -0.4 is 5.32 Å². The Morgan fingerprint density at radius 2 is 1.85 bits per heavy atom. The smallest absolute Gasteiger partial charge is 0.320 e. The minimum absolute atomic E-state index is 0.269. The first kappa shape index (κ1) is 12.4. The molecule has 0 spiro atoms. The molecule has 0 heterocycles. The number of carboxylic acid groups (broad SMARTS) is 1. The van der Waals surface area contributed by atoms with Gasteiger partial charge < -0.3 is 10.4 Å². The highest BCUT2D eigenvalue weighted by Crippen LogP contribution is 2.08. The number of carbonyl (C=O) groups is 1. The van der Waals surface area contributed by atoms with Crippen molar-refractivity contribution in [1.29, 1.82) is 0 Å². The second-order valence-electron chi connectivity index (χ2n) is 3.64. The van der Waals surface area contributed by atoms with Crippen LogP contribution in [0.15, 0.2) is 0 Å². The van der Waals surface area contributed by atoms with Gasteiger partial charge in [0.25, 0.3) is 0 Å². The lowest BCUT2D eigenvalue weighted by atomic mass is 10.00. The zero-order valence-corrected chi connectivity index (χ0v) is 9.00. The van der Waals surface area contributed by atoms with Gasteiger partial charge >= 0.3 is 5.97 Å². The molecular formula is C10H21NO2. The second kappa shape index (κ2) is 5.97. The molecule has 0 aliphatic carbocycles. The molecule has 0 aromatic carbocycles. The summed E-state index contributed by atoms with van der Waals surface area (Å²) in [5.74, 6) is -0.231. The highest BCUT2D eigenvalue weighted by Gasteiger charge is 2.19. The third-order valence-corrected chi connectivity index (χ3v) is 2.67. The normalized spacial score (nSPS) is 17.8. The minimum atomic E-state index is -0.752. The van der Waals surface area contributed by atoms with Crippen molar-refractivity contribution in [1.82, 2.24) is 5.32 Å². The lowest BCUT2D eigenvalue weighted by Gasteiger charge is -2.23. The first-order chi connectivity index (χ1) is 6.02. The molecule has 0 aromatic rings. The van der Waals surface area contributed by atoms with Crippen LogP contribution in [0.25, 0.3) is 0 Å². The van der Waals surface area contributed by atoms with Gasteiger partial charge in [0.2, 0.25) is 0 Å². The van der Waals surface area contributed by atoms with Gasteiger partial charge in [0, 0.05) is 6.04 Å². The largest absolute Gasteiger partial charge is 0.480 e. The Labute approximate surface area is 80.5 Å². The van der Waals surface area contributed by atoms with Crippen molar-refractivity contribution in [2.24, 2.45) is 5.92 Å². The first-order valence-electron chi connectivity index (χ1n) is 5.01. The zero-order chi connectivity index (χ0) is 10.4. The Morgan fingerprint density at radius 3 is 2.15 bits per heavy atom. The van der Waals surface area contributed by atoms with Crippen LogP contribution in [0.4, 0.5) is 0 Å². The highest BCUT2D eigenvalue weighted by molar-refractivity contribution is 5.73. The topological polar surface area (TPSA) is 49.3 Å². The number of hydrogen-bond acceptors (Lipinski definition) is 2. The molecule has 0 radical (unpaired) electrons. The van der Waals surface area contributed by atoms with Crippen molar-refractivity contribution < 1.29 is 9.90 Å². The van der Waals surface area contributed by atoms with E-state index in [0.29, 0.717) is 12.3 Å². The van der Waals surface area contributed by atoms with E-state index in [4.69, 9.17) is 5.11 Å². The van der Waals surface area contributed by atoms with Crippen LogP contribution in [0, 0.1) is 5.92 Å². The maximum Gasteiger partial charge on any atom is 0.320 e. The van der Waals surface area contributed by atoms with Gasteiger partial charge in [-0.1, -0.05) is 27.2 Å². The second-order valence-corrected chi connectivity index (χ2v) is 3.64. The first-order valence-corrected chi connectivity index (χ1v) is 5.01. The fourth-order valence-electron chi connectivity index (χ4n) is 1.20. The SMILES string of the molecule is CCC(NC(C)C(C)CC)C(=O)O. The van der Waals surface area contributed by atoms with Gasteiger partial charge in [-0.2, -0.15) is 0 Å². The Morgan fingerprint density at radius 1 is 1.31 bits per heavy atom. The molecule has 0 aliphatic rings. The molecule has 0 amide bonds. The maximum atomic E-state index is 10.7. The van der Waals surface area contributed by atoms with Crippen LogP contribution in [0.1, 0.15) is 40.5 Å². The molecule has 3 atom stereocenters. The molecule has 0 saturated heterocycles.